The first kappa shape index (κ1) is 30.8. The SMILES string of the molecule is C=C(C)C(=O)OCCCCCCCCCCCC.CCOC(=O)c1ccc(N2C(=O)C=CC2=O)cc1. The van der Waals surface area contributed by atoms with Crippen molar-refractivity contribution in [3.05, 3.63) is 54.1 Å². The number of amides is 2. The van der Waals surface area contributed by atoms with E-state index in [4.69, 9.17) is 9.47 Å². The van der Waals surface area contributed by atoms with Crippen molar-refractivity contribution in [2.24, 2.45) is 0 Å². The third-order valence-electron chi connectivity index (χ3n) is 5.53. The van der Waals surface area contributed by atoms with Gasteiger partial charge in [0.2, 0.25) is 0 Å². The van der Waals surface area contributed by atoms with Crippen LogP contribution in [-0.4, -0.2) is 37.0 Å². The first-order valence-corrected chi connectivity index (χ1v) is 13.0. The van der Waals surface area contributed by atoms with Gasteiger partial charge in [-0.05, 0) is 44.5 Å². The Morgan fingerprint density at radius 2 is 1.28 bits per heavy atom. The Morgan fingerprint density at radius 1 is 0.778 bits per heavy atom. The van der Waals surface area contributed by atoms with Crippen molar-refractivity contribution in [2.75, 3.05) is 18.1 Å². The minimum Gasteiger partial charge on any atom is -0.462 e. The quantitative estimate of drug-likeness (QED) is 0.121. The molecule has 0 fully saturated rings. The molecule has 0 spiro atoms. The summed E-state index contributed by atoms with van der Waals surface area (Å²) in [4.78, 5) is 46.4. The van der Waals surface area contributed by atoms with Crippen LogP contribution in [0.15, 0.2) is 48.6 Å². The fourth-order valence-electron chi connectivity index (χ4n) is 3.49. The molecule has 0 saturated heterocycles. The summed E-state index contributed by atoms with van der Waals surface area (Å²) in [5.74, 6) is -1.46. The van der Waals surface area contributed by atoms with Crippen LogP contribution in [0.5, 0.6) is 0 Å². The van der Waals surface area contributed by atoms with E-state index in [0.717, 1.165) is 11.3 Å². The Hall–Kier alpha value is -3.22. The topological polar surface area (TPSA) is 90.0 Å². The summed E-state index contributed by atoms with van der Waals surface area (Å²) in [6.07, 6.45) is 15.4. The molecule has 1 aromatic carbocycles. The van der Waals surface area contributed by atoms with Gasteiger partial charge in [0.1, 0.15) is 0 Å². The molecular weight excluding hydrogens is 458 g/mol. The van der Waals surface area contributed by atoms with Gasteiger partial charge in [0.15, 0.2) is 0 Å². The van der Waals surface area contributed by atoms with Crippen molar-refractivity contribution >= 4 is 29.4 Å². The van der Waals surface area contributed by atoms with Crippen LogP contribution in [0.3, 0.4) is 0 Å². The molecule has 0 aromatic heterocycles. The van der Waals surface area contributed by atoms with Crippen molar-refractivity contribution in [3.63, 3.8) is 0 Å². The van der Waals surface area contributed by atoms with Crippen LogP contribution in [0.1, 0.15) is 95.3 Å². The zero-order chi connectivity index (χ0) is 26.8. The molecule has 1 aliphatic rings. The third-order valence-corrected chi connectivity index (χ3v) is 5.53. The molecule has 0 atom stereocenters. The van der Waals surface area contributed by atoms with Crippen molar-refractivity contribution in [1.82, 2.24) is 0 Å². The predicted molar refractivity (Wildman–Crippen MR) is 142 cm³/mol. The lowest BCUT2D eigenvalue weighted by Gasteiger charge is -2.13. The fourth-order valence-corrected chi connectivity index (χ4v) is 3.49. The monoisotopic (exact) mass is 499 g/mol. The lowest BCUT2D eigenvalue weighted by Crippen LogP contribution is -2.29. The van der Waals surface area contributed by atoms with E-state index in [-0.39, 0.29) is 17.8 Å². The number of hydrogen-bond donors (Lipinski definition) is 0. The highest BCUT2D eigenvalue weighted by Gasteiger charge is 2.25. The van der Waals surface area contributed by atoms with E-state index in [1.54, 1.807) is 13.8 Å². The lowest BCUT2D eigenvalue weighted by molar-refractivity contribution is -0.139. The first-order valence-electron chi connectivity index (χ1n) is 13.0. The smallest absolute Gasteiger partial charge is 0.338 e. The number of imide groups is 1. The zero-order valence-electron chi connectivity index (χ0n) is 22.1. The second-order valence-corrected chi connectivity index (χ2v) is 8.71. The molecule has 7 heteroatoms. The summed E-state index contributed by atoms with van der Waals surface area (Å²) in [6.45, 7) is 10.0. The summed E-state index contributed by atoms with van der Waals surface area (Å²) < 4.78 is 9.87. The van der Waals surface area contributed by atoms with Crippen LogP contribution >= 0.6 is 0 Å². The van der Waals surface area contributed by atoms with Gasteiger partial charge in [0, 0.05) is 17.7 Å². The van der Waals surface area contributed by atoms with Gasteiger partial charge in [-0.1, -0.05) is 71.3 Å². The summed E-state index contributed by atoms with van der Waals surface area (Å²) >= 11 is 0. The molecule has 0 bridgehead atoms. The average molecular weight is 500 g/mol. The van der Waals surface area contributed by atoms with Gasteiger partial charge in [0.05, 0.1) is 24.5 Å². The van der Waals surface area contributed by atoms with Gasteiger partial charge < -0.3 is 9.47 Å². The summed E-state index contributed by atoms with van der Waals surface area (Å²) in [7, 11) is 0. The predicted octanol–water partition coefficient (Wildman–Crippen LogP) is 6.32. The van der Waals surface area contributed by atoms with E-state index in [9.17, 15) is 19.2 Å². The van der Waals surface area contributed by atoms with Gasteiger partial charge in [0.25, 0.3) is 11.8 Å². The maximum absolute atomic E-state index is 11.4. The molecular formula is C29H41NO6. The number of unbranched alkanes of at least 4 members (excludes halogenated alkanes) is 9. The highest BCUT2D eigenvalue weighted by Crippen LogP contribution is 2.19. The second kappa shape index (κ2) is 18.1. The molecule has 1 heterocycles. The highest BCUT2D eigenvalue weighted by atomic mass is 16.5. The number of nitrogens with zero attached hydrogens (tertiary/aromatic N) is 1. The van der Waals surface area contributed by atoms with Crippen LogP contribution in [0.4, 0.5) is 5.69 Å². The van der Waals surface area contributed by atoms with Crippen molar-refractivity contribution in [1.29, 1.82) is 0 Å². The Kier molecular flexibility index (Phi) is 15.5. The normalized spacial score (nSPS) is 12.2. The molecule has 198 valence electrons. The Bertz CT molecular complexity index is 870. The van der Waals surface area contributed by atoms with Crippen molar-refractivity contribution in [3.8, 4) is 0 Å². The van der Waals surface area contributed by atoms with Crippen LogP contribution in [-0.2, 0) is 23.9 Å². The van der Waals surface area contributed by atoms with Gasteiger partial charge in [-0.15, -0.1) is 0 Å². The van der Waals surface area contributed by atoms with E-state index in [2.05, 4.69) is 13.5 Å². The van der Waals surface area contributed by atoms with Gasteiger partial charge >= 0.3 is 11.9 Å². The molecule has 0 saturated carbocycles. The standard InChI is InChI=1S/C16H30O2.C13H11NO4/c1-4-5-6-7-8-9-10-11-12-13-14-18-16(17)15(2)3;1-2-18-13(17)9-3-5-10(6-4-9)14-11(15)7-8-12(14)16/h2,4-14H2,1,3H3;3-8H,2H2,1H3. The molecule has 1 aliphatic heterocycles. The van der Waals surface area contributed by atoms with E-state index in [0.29, 0.717) is 30.0 Å². The molecule has 7 nitrogen and oxygen atoms in total. The fraction of sp³-hybridized carbons (Fsp3) is 0.517. The van der Waals surface area contributed by atoms with Crippen molar-refractivity contribution < 1.29 is 28.7 Å². The van der Waals surface area contributed by atoms with Gasteiger partial charge in [-0.25, -0.2) is 14.5 Å². The summed E-state index contributed by atoms with van der Waals surface area (Å²) in [5.41, 5.74) is 1.30. The number of rotatable bonds is 15. The largest absolute Gasteiger partial charge is 0.462 e. The number of ether oxygens (including phenoxy) is 2. The molecule has 0 unspecified atom stereocenters. The minimum absolute atomic E-state index is 0.258. The molecule has 2 rings (SSSR count). The average Bonchev–Trinajstić information content (AvgIpc) is 3.20. The maximum atomic E-state index is 11.4. The van der Waals surface area contributed by atoms with Gasteiger partial charge in [-0.2, -0.15) is 0 Å². The zero-order valence-corrected chi connectivity index (χ0v) is 22.1. The molecule has 0 N–H and O–H groups in total. The number of hydrogen-bond acceptors (Lipinski definition) is 6. The maximum Gasteiger partial charge on any atom is 0.338 e. The Balaban J connectivity index is 0.000000360. The van der Waals surface area contributed by atoms with Crippen LogP contribution in [0.2, 0.25) is 0 Å². The van der Waals surface area contributed by atoms with Crippen LogP contribution in [0, 0.1) is 0 Å². The third kappa shape index (κ3) is 12.0. The number of carbonyl (C=O) groups excluding carboxylic acids is 4. The van der Waals surface area contributed by atoms with E-state index in [1.165, 1.54) is 94.2 Å². The highest BCUT2D eigenvalue weighted by molar-refractivity contribution is 6.28. The van der Waals surface area contributed by atoms with Crippen molar-refractivity contribution in [2.45, 2.75) is 85.0 Å². The lowest BCUT2D eigenvalue weighted by atomic mass is 10.1. The van der Waals surface area contributed by atoms with Crippen LogP contribution < -0.4 is 4.90 Å². The van der Waals surface area contributed by atoms with E-state index >= 15 is 0 Å². The van der Waals surface area contributed by atoms with Gasteiger partial charge in [-0.3, -0.25) is 9.59 Å². The number of benzene rings is 1. The first-order chi connectivity index (χ1) is 17.3. The summed E-state index contributed by atoms with van der Waals surface area (Å²) in [5, 5.41) is 0. The second-order valence-electron chi connectivity index (χ2n) is 8.71. The van der Waals surface area contributed by atoms with E-state index < -0.39 is 5.97 Å². The summed E-state index contributed by atoms with van der Waals surface area (Å²) in [6, 6.07) is 6.11. The molecule has 0 aliphatic carbocycles. The molecule has 2 amide bonds. The number of esters is 2. The molecule has 36 heavy (non-hydrogen) atoms. The van der Waals surface area contributed by atoms with Crippen LogP contribution in [0.25, 0.3) is 0 Å². The Labute approximate surface area is 215 Å². The number of carbonyl (C=O) groups is 4. The number of anilines is 1. The minimum atomic E-state index is -0.429. The molecule has 1 aromatic rings. The van der Waals surface area contributed by atoms with E-state index in [1.807, 2.05) is 0 Å². The molecule has 0 radical (unpaired) electrons. The Morgan fingerprint density at radius 3 is 1.75 bits per heavy atom.